The van der Waals surface area contributed by atoms with E-state index >= 15 is 0 Å². The van der Waals surface area contributed by atoms with Crippen molar-refractivity contribution in [2.75, 3.05) is 6.61 Å². The highest BCUT2D eigenvalue weighted by molar-refractivity contribution is 6.09. The van der Waals surface area contributed by atoms with Crippen LogP contribution < -0.4 is 15.5 Å². The maximum absolute atomic E-state index is 13.1. The van der Waals surface area contributed by atoms with Crippen molar-refractivity contribution in [3.8, 4) is 5.75 Å². The lowest BCUT2D eigenvalue weighted by Gasteiger charge is -2.25. The molecule has 1 aliphatic rings. The summed E-state index contributed by atoms with van der Waals surface area (Å²) < 4.78 is 5.69. The van der Waals surface area contributed by atoms with Crippen molar-refractivity contribution in [3.63, 3.8) is 0 Å². The summed E-state index contributed by atoms with van der Waals surface area (Å²) in [5.74, 6) is -0.373. The SMILES string of the molecule is CCCCCCOc1ccc(C(=O)NN2C(=O)N[C@@](CC)(c3ccccc3)C2=O)cc1. The number of rotatable bonds is 10. The van der Waals surface area contributed by atoms with Crippen molar-refractivity contribution in [1.82, 2.24) is 15.8 Å². The summed E-state index contributed by atoms with van der Waals surface area (Å²) in [7, 11) is 0. The lowest BCUT2D eigenvalue weighted by Crippen LogP contribution is -2.48. The molecule has 0 aliphatic carbocycles. The number of benzene rings is 2. The summed E-state index contributed by atoms with van der Waals surface area (Å²) in [6.45, 7) is 4.61. The van der Waals surface area contributed by atoms with Gasteiger partial charge in [0.1, 0.15) is 11.3 Å². The molecule has 0 saturated carbocycles. The Bertz CT molecular complexity index is 914. The molecular formula is C24H29N3O4. The largest absolute Gasteiger partial charge is 0.494 e. The predicted molar refractivity (Wildman–Crippen MR) is 117 cm³/mol. The number of carbonyl (C=O) groups is 3. The zero-order chi connectivity index (χ0) is 22.3. The van der Waals surface area contributed by atoms with Crippen molar-refractivity contribution in [2.24, 2.45) is 0 Å². The number of nitrogens with one attached hydrogen (secondary N) is 2. The second-order valence-electron chi connectivity index (χ2n) is 7.57. The fourth-order valence-corrected chi connectivity index (χ4v) is 3.63. The van der Waals surface area contributed by atoms with Crippen molar-refractivity contribution in [2.45, 2.75) is 51.5 Å². The van der Waals surface area contributed by atoms with E-state index in [1.165, 1.54) is 12.8 Å². The van der Waals surface area contributed by atoms with Crippen molar-refractivity contribution in [1.29, 1.82) is 0 Å². The Morgan fingerprint density at radius 1 is 1.00 bits per heavy atom. The first kappa shape index (κ1) is 22.3. The van der Waals surface area contributed by atoms with Crippen LogP contribution in [0.15, 0.2) is 54.6 Å². The van der Waals surface area contributed by atoms with Gasteiger partial charge in [0.25, 0.3) is 11.8 Å². The van der Waals surface area contributed by atoms with Gasteiger partial charge in [-0.15, -0.1) is 0 Å². The van der Waals surface area contributed by atoms with Gasteiger partial charge in [0, 0.05) is 5.56 Å². The normalized spacial score (nSPS) is 18.1. The summed E-state index contributed by atoms with van der Waals surface area (Å²) >= 11 is 0. The number of carbonyl (C=O) groups excluding carboxylic acids is 3. The van der Waals surface area contributed by atoms with Crippen LogP contribution in [0.25, 0.3) is 0 Å². The van der Waals surface area contributed by atoms with Gasteiger partial charge in [-0.3, -0.25) is 15.0 Å². The van der Waals surface area contributed by atoms with Gasteiger partial charge in [-0.25, -0.2) is 4.79 Å². The Kier molecular flexibility index (Phi) is 7.28. The van der Waals surface area contributed by atoms with Crippen molar-refractivity contribution >= 4 is 17.8 Å². The minimum atomic E-state index is -1.19. The smallest absolute Gasteiger partial charge is 0.344 e. The van der Waals surface area contributed by atoms with Crippen LogP contribution in [0.1, 0.15) is 61.9 Å². The highest BCUT2D eigenvalue weighted by Crippen LogP contribution is 2.31. The molecule has 1 aliphatic heterocycles. The number of hydrogen-bond acceptors (Lipinski definition) is 4. The molecule has 0 bridgehead atoms. The highest BCUT2D eigenvalue weighted by Gasteiger charge is 2.52. The zero-order valence-electron chi connectivity index (χ0n) is 18.0. The first-order valence-electron chi connectivity index (χ1n) is 10.8. The summed E-state index contributed by atoms with van der Waals surface area (Å²) in [6, 6.07) is 15.0. The molecular weight excluding hydrogens is 394 g/mol. The van der Waals surface area contributed by atoms with E-state index < -0.39 is 23.4 Å². The molecule has 0 spiro atoms. The Hall–Kier alpha value is -3.35. The minimum Gasteiger partial charge on any atom is -0.494 e. The number of unbranched alkanes of at least 4 members (excludes halogenated alkanes) is 3. The van der Waals surface area contributed by atoms with E-state index in [0.717, 1.165) is 17.9 Å². The second kappa shape index (κ2) is 10.1. The molecule has 7 heteroatoms. The summed E-state index contributed by atoms with van der Waals surface area (Å²) in [4.78, 5) is 38.2. The molecule has 1 saturated heterocycles. The fourth-order valence-electron chi connectivity index (χ4n) is 3.63. The van der Waals surface area contributed by atoms with Gasteiger partial charge in [-0.05, 0) is 42.7 Å². The van der Waals surface area contributed by atoms with Gasteiger partial charge in [0.05, 0.1) is 6.61 Å². The molecule has 164 valence electrons. The quantitative estimate of drug-likeness (QED) is 0.444. The van der Waals surface area contributed by atoms with Crippen LogP contribution in [0, 0.1) is 0 Å². The van der Waals surface area contributed by atoms with Gasteiger partial charge in [0.15, 0.2) is 0 Å². The molecule has 1 fully saturated rings. The fraction of sp³-hybridized carbons (Fsp3) is 0.375. The van der Waals surface area contributed by atoms with Crippen LogP contribution in [-0.4, -0.2) is 29.5 Å². The average molecular weight is 424 g/mol. The Morgan fingerprint density at radius 3 is 2.35 bits per heavy atom. The van der Waals surface area contributed by atoms with Gasteiger partial charge in [-0.2, -0.15) is 5.01 Å². The third kappa shape index (κ3) is 4.87. The van der Waals surface area contributed by atoms with Crippen molar-refractivity contribution in [3.05, 3.63) is 65.7 Å². The molecule has 0 radical (unpaired) electrons. The number of ether oxygens (including phenoxy) is 1. The molecule has 2 N–H and O–H groups in total. The predicted octanol–water partition coefficient (Wildman–Crippen LogP) is 4.15. The standard InChI is InChI=1S/C24H29N3O4/c1-3-5-6-10-17-31-20-15-13-18(14-16-20)21(28)26-27-22(29)24(4-2,25-23(27)30)19-11-8-7-9-12-19/h7-9,11-16H,3-6,10,17H2,1-2H3,(H,25,30)(H,26,28)/t24-/m0/s1. The maximum atomic E-state index is 13.1. The van der Waals surface area contributed by atoms with E-state index in [1.54, 1.807) is 48.5 Å². The number of hydrogen-bond donors (Lipinski definition) is 2. The maximum Gasteiger partial charge on any atom is 0.344 e. The Labute approximate surface area is 182 Å². The number of hydrazine groups is 1. The third-order valence-electron chi connectivity index (χ3n) is 5.48. The van der Waals surface area contributed by atoms with Gasteiger partial charge < -0.3 is 10.1 Å². The van der Waals surface area contributed by atoms with E-state index in [4.69, 9.17) is 4.74 Å². The molecule has 1 heterocycles. The number of imide groups is 1. The van der Waals surface area contributed by atoms with Gasteiger partial charge in [0.2, 0.25) is 0 Å². The molecule has 7 nitrogen and oxygen atoms in total. The van der Waals surface area contributed by atoms with E-state index in [9.17, 15) is 14.4 Å². The number of urea groups is 1. The lowest BCUT2D eigenvalue weighted by molar-refractivity contribution is -0.133. The van der Waals surface area contributed by atoms with Crippen molar-refractivity contribution < 1.29 is 19.1 Å². The summed E-state index contributed by atoms with van der Waals surface area (Å²) in [6.07, 6.45) is 4.84. The third-order valence-corrected chi connectivity index (χ3v) is 5.48. The molecule has 0 unspecified atom stereocenters. The van der Waals surface area contributed by atoms with Crippen LogP contribution in [-0.2, 0) is 10.3 Å². The summed E-state index contributed by atoms with van der Waals surface area (Å²) in [5.41, 5.74) is 2.24. The van der Waals surface area contributed by atoms with Crippen LogP contribution in [0.5, 0.6) is 5.75 Å². The van der Waals surface area contributed by atoms with Crippen LogP contribution in [0.2, 0.25) is 0 Å². The number of nitrogens with zero attached hydrogens (tertiary/aromatic N) is 1. The first-order valence-corrected chi connectivity index (χ1v) is 10.8. The number of amides is 4. The molecule has 2 aromatic rings. The minimum absolute atomic E-state index is 0.327. The zero-order valence-corrected chi connectivity index (χ0v) is 18.0. The van der Waals surface area contributed by atoms with Crippen LogP contribution in [0.4, 0.5) is 4.79 Å². The molecule has 0 aromatic heterocycles. The van der Waals surface area contributed by atoms with Crippen LogP contribution >= 0.6 is 0 Å². The van der Waals surface area contributed by atoms with E-state index in [1.807, 2.05) is 13.0 Å². The first-order chi connectivity index (χ1) is 15.0. The second-order valence-corrected chi connectivity index (χ2v) is 7.57. The van der Waals surface area contributed by atoms with Crippen LogP contribution in [0.3, 0.4) is 0 Å². The molecule has 1 atom stereocenters. The van der Waals surface area contributed by atoms with E-state index in [2.05, 4.69) is 17.7 Å². The van der Waals surface area contributed by atoms with E-state index in [0.29, 0.717) is 29.9 Å². The Balaban J connectivity index is 1.63. The molecule has 2 aromatic carbocycles. The molecule has 31 heavy (non-hydrogen) atoms. The highest BCUT2D eigenvalue weighted by atomic mass is 16.5. The monoisotopic (exact) mass is 423 g/mol. The molecule has 3 rings (SSSR count). The lowest BCUT2D eigenvalue weighted by atomic mass is 9.87. The van der Waals surface area contributed by atoms with Gasteiger partial charge in [-0.1, -0.05) is 63.4 Å². The van der Waals surface area contributed by atoms with E-state index in [-0.39, 0.29) is 0 Å². The average Bonchev–Trinajstić information content (AvgIpc) is 3.05. The Morgan fingerprint density at radius 2 is 1.71 bits per heavy atom. The topological polar surface area (TPSA) is 87.7 Å². The summed E-state index contributed by atoms with van der Waals surface area (Å²) in [5, 5.41) is 3.50. The molecule has 4 amide bonds. The van der Waals surface area contributed by atoms with Gasteiger partial charge >= 0.3 is 6.03 Å².